The molecule has 0 radical (unpaired) electrons. The van der Waals surface area contributed by atoms with Crippen molar-refractivity contribution in [1.82, 2.24) is 0 Å². The first kappa shape index (κ1) is 15.6. The highest BCUT2D eigenvalue weighted by atomic mass is 16.7. The second-order valence-electron chi connectivity index (χ2n) is 8.87. The van der Waals surface area contributed by atoms with Gasteiger partial charge in [-0.2, -0.15) is 0 Å². The number of ether oxygens (including phenoxy) is 4. The third-order valence-electron chi connectivity index (χ3n) is 7.70. The van der Waals surface area contributed by atoms with Crippen molar-refractivity contribution >= 4 is 11.9 Å². The van der Waals surface area contributed by atoms with Crippen molar-refractivity contribution in [2.24, 2.45) is 16.7 Å². The molecule has 5 fully saturated rings. The average Bonchev–Trinajstić information content (AvgIpc) is 3.46. The molecule has 6 rings (SSSR count). The van der Waals surface area contributed by atoms with Crippen molar-refractivity contribution in [2.75, 3.05) is 0 Å². The minimum absolute atomic E-state index is 0.332. The molecule has 2 N–H and O–H groups in total. The number of rotatable bonds is 1. The number of fused-ring (bicyclic) bond motifs is 4. The number of cyclic esters (lactones) is 1. The topological polar surface area (TPSA) is 118 Å². The van der Waals surface area contributed by atoms with Gasteiger partial charge in [0, 0.05) is 17.4 Å². The molecule has 26 heavy (non-hydrogen) atoms. The number of aliphatic hydroxyl groups is 2. The van der Waals surface area contributed by atoms with Crippen molar-refractivity contribution in [1.29, 1.82) is 0 Å². The molecular weight excluding hydrogens is 344 g/mol. The van der Waals surface area contributed by atoms with Gasteiger partial charge in [0.1, 0.15) is 23.7 Å². The molecule has 6 aliphatic rings. The molecule has 140 valence electrons. The Morgan fingerprint density at radius 3 is 2.54 bits per heavy atom. The molecule has 4 heterocycles. The minimum Gasteiger partial charge on any atom is -0.459 e. The first-order valence-corrected chi connectivity index (χ1v) is 9.02. The summed E-state index contributed by atoms with van der Waals surface area (Å²) in [6.07, 6.45) is -3.24. The monoisotopic (exact) mass is 364 g/mol. The number of aliphatic hydroxyl groups excluding tert-OH is 2. The molecule has 0 aromatic heterocycles. The number of epoxide rings is 2. The lowest BCUT2D eigenvalue weighted by atomic mass is 9.46. The highest BCUT2D eigenvalue weighted by Gasteiger charge is 2.89. The smallest absolute Gasteiger partial charge is 0.331 e. The molecule has 2 saturated carbocycles. The first-order valence-electron chi connectivity index (χ1n) is 9.02. The van der Waals surface area contributed by atoms with Crippen molar-refractivity contribution in [3.05, 3.63) is 11.6 Å². The van der Waals surface area contributed by atoms with Gasteiger partial charge in [-0.05, 0) is 19.4 Å². The number of esters is 2. The number of hydrogen-bond donors (Lipinski definition) is 2. The second kappa shape index (κ2) is 4.01. The third kappa shape index (κ3) is 1.30. The fourth-order valence-electron chi connectivity index (χ4n) is 6.57. The Bertz CT molecular complexity index is 805. The summed E-state index contributed by atoms with van der Waals surface area (Å²) in [6, 6.07) is 0. The lowest BCUT2D eigenvalue weighted by Gasteiger charge is -2.53. The van der Waals surface area contributed by atoms with Crippen molar-refractivity contribution in [3.8, 4) is 0 Å². The zero-order valence-electron chi connectivity index (χ0n) is 14.5. The van der Waals surface area contributed by atoms with Gasteiger partial charge in [-0.3, -0.25) is 4.79 Å². The van der Waals surface area contributed by atoms with Crippen LogP contribution >= 0.6 is 0 Å². The summed E-state index contributed by atoms with van der Waals surface area (Å²) in [7, 11) is 0. The van der Waals surface area contributed by atoms with Gasteiger partial charge in [-0.1, -0.05) is 6.92 Å². The molecule has 0 aromatic rings. The van der Waals surface area contributed by atoms with E-state index in [1.54, 1.807) is 13.8 Å². The maximum absolute atomic E-state index is 12.8. The maximum Gasteiger partial charge on any atom is 0.331 e. The van der Waals surface area contributed by atoms with E-state index >= 15 is 0 Å². The predicted molar refractivity (Wildman–Crippen MR) is 81.5 cm³/mol. The number of hydrogen-bond acceptors (Lipinski definition) is 8. The van der Waals surface area contributed by atoms with Crippen molar-refractivity contribution in [3.63, 3.8) is 0 Å². The summed E-state index contributed by atoms with van der Waals surface area (Å²) in [4.78, 5) is 25.0. The van der Waals surface area contributed by atoms with E-state index in [1.165, 1.54) is 6.08 Å². The van der Waals surface area contributed by atoms with E-state index in [0.717, 1.165) is 0 Å². The predicted octanol–water partition coefficient (Wildman–Crippen LogP) is -0.934. The molecule has 8 nitrogen and oxygen atoms in total. The molecule has 0 bridgehead atoms. The van der Waals surface area contributed by atoms with Gasteiger partial charge in [-0.25, -0.2) is 4.79 Å². The Kier molecular flexibility index (Phi) is 2.40. The lowest BCUT2D eigenvalue weighted by Crippen LogP contribution is -2.66. The summed E-state index contributed by atoms with van der Waals surface area (Å²) in [5.41, 5.74) is -2.16. The molecule has 2 aliphatic carbocycles. The summed E-state index contributed by atoms with van der Waals surface area (Å²) in [5.74, 6) is -1.39. The van der Waals surface area contributed by atoms with Gasteiger partial charge in [0.15, 0.2) is 11.7 Å². The van der Waals surface area contributed by atoms with Crippen molar-refractivity contribution < 1.29 is 38.7 Å². The highest BCUT2D eigenvalue weighted by molar-refractivity contribution is 5.88. The molecule has 3 saturated heterocycles. The molecule has 1 spiro atoms. The molecular formula is C18H20O8. The van der Waals surface area contributed by atoms with E-state index < -0.39 is 65.0 Å². The quantitative estimate of drug-likeness (QED) is 0.452. The van der Waals surface area contributed by atoms with Crippen LogP contribution in [0.2, 0.25) is 0 Å². The normalized spacial score (nSPS) is 61.9. The molecule has 4 aliphatic heterocycles. The van der Waals surface area contributed by atoms with Crippen LogP contribution in [0.1, 0.15) is 20.8 Å². The van der Waals surface area contributed by atoms with Crippen LogP contribution in [-0.2, 0) is 28.5 Å². The van der Waals surface area contributed by atoms with Gasteiger partial charge in [-0.15, -0.1) is 0 Å². The summed E-state index contributed by atoms with van der Waals surface area (Å²) in [6.45, 7) is 5.21. The molecule has 0 aromatic carbocycles. The van der Waals surface area contributed by atoms with Crippen LogP contribution in [0.3, 0.4) is 0 Å². The fraction of sp³-hybridized carbons (Fsp3) is 0.778. The number of carbonyl (C=O) groups is 2. The Morgan fingerprint density at radius 2 is 1.85 bits per heavy atom. The number of carbonyl (C=O) groups excluding carboxylic acids is 2. The van der Waals surface area contributed by atoms with Crippen LogP contribution < -0.4 is 0 Å². The summed E-state index contributed by atoms with van der Waals surface area (Å²) >= 11 is 0. The zero-order valence-corrected chi connectivity index (χ0v) is 14.5. The van der Waals surface area contributed by atoms with Gasteiger partial charge < -0.3 is 29.2 Å². The fourth-order valence-corrected chi connectivity index (χ4v) is 6.57. The van der Waals surface area contributed by atoms with E-state index in [9.17, 15) is 19.8 Å². The standard InChI is InChI=1S/C18H20O8/c1-5(19)12-18-6(4-7(20)23-12)16(2)10-8(14(18)26-18)25-15(22)17(10,3)11(21)9-13(16)24-9/h4-5,8-14,19,21H,1-3H3/t5-,8+,9-,10-,11+,12-,13-,14-,16-,17-,18-/m1/s1. The second-order valence-corrected chi connectivity index (χ2v) is 8.87. The SMILES string of the molecule is C[C@@H](O)[C@H]1OC(=O)C=C2[C@]3(C)[C@H]4[C@H](OC(=O)[C@@]4(C)[C@@H](O)[C@H]4O[C@H]43)[C@H]3O[C@@]231. The van der Waals surface area contributed by atoms with E-state index in [0.29, 0.717) is 5.57 Å². The molecule has 0 unspecified atom stereocenters. The Morgan fingerprint density at radius 1 is 1.12 bits per heavy atom. The zero-order chi connectivity index (χ0) is 18.4. The highest BCUT2D eigenvalue weighted by Crippen LogP contribution is 2.75. The van der Waals surface area contributed by atoms with Crippen LogP contribution in [0, 0.1) is 16.7 Å². The van der Waals surface area contributed by atoms with Crippen molar-refractivity contribution in [2.45, 2.75) is 69.1 Å². The van der Waals surface area contributed by atoms with E-state index in [-0.39, 0.29) is 12.0 Å². The molecule has 11 atom stereocenters. The minimum atomic E-state index is -1.13. The molecule has 8 heteroatoms. The molecule has 0 amide bonds. The third-order valence-corrected chi connectivity index (χ3v) is 7.70. The van der Waals surface area contributed by atoms with Crippen LogP contribution in [0.4, 0.5) is 0 Å². The summed E-state index contributed by atoms with van der Waals surface area (Å²) < 4.78 is 23.0. The van der Waals surface area contributed by atoms with Gasteiger partial charge in [0.25, 0.3) is 0 Å². The Hall–Kier alpha value is -1.48. The summed E-state index contributed by atoms with van der Waals surface area (Å²) in [5, 5.41) is 21.0. The van der Waals surface area contributed by atoms with Crippen LogP contribution in [0.25, 0.3) is 0 Å². The van der Waals surface area contributed by atoms with Crippen LogP contribution in [-0.4, -0.2) is 70.5 Å². The first-order chi connectivity index (χ1) is 12.2. The Balaban J connectivity index is 1.60. The van der Waals surface area contributed by atoms with E-state index in [2.05, 4.69) is 0 Å². The van der Waals surface area contributed by atoms with Gasteiger partial charge in [0.05, 0.1) is 18.3 Å². The van der Waals surface area contributed by atoms with Gasteiger partial charge in [0.2, 0.25) is 0 Å². The average molecular weight is 364 g/mol. The Labute approximate surface area is 149 Å². The van der Waals surface area contributed by atoms with Gasteiger partial charge >= 0.3 is 11.9 Å². The van der Waals surface area contributed by atoms with E-state index in [1.807, 2.05) is 6.92 Å². The van der Waals surface area contributed by atoms with Crippen LogP contribution in [0.15, 0.2) is 11.6 Å². The lowest BCUT2D eigenvalue weighted by molar-refractivity contribution is -0.158. The maximum atomic E-state index is 12.8. The largest absolute Gasteiger partial charge is 0.459 e. The van der Waals surface area contributed by atoms with Crippen LogP contribution in [0.5, 0.6) is 0 Å². The van der Waals surface area contributed by atoms with E-state index in [4.69, 9.17) is 18.9 Å².